The van der Waals surface area contributed by atoms with E-state index in [9.17, 15) is 4.79 Å². The molecule has 1 aliphatic rings. The number of aromatic amines is 1. The third-order valence-corrected chi connectivity index (χ3v) is 3.51. The maximum atomic E-state index is 11.9. The molecule has 2 unspecified atom stereocenters. The zero-order valence-corrected chi connectivity index (χ0v) is 10.1. The third-order valence-electron chi connectivity index (χ3n) is 3.51. The molecule has 3 rings (SSSR count). The number of nitrogens with two attached hydrogens (primary N) is 1. The summed E-state index contributed by atoms with van der Waals surface area (Å²) in [5, 5.41) is 1.57. The van der Waals surface area contributed by atoms with Gasteiger partial charge in [-0.3, -0.25) is 9.78 Å². The van der Waals surface area contributed by atoms with Crippen LogP contribution in [0.3, 0.4) is 0 Å². The molecule has 4 heteroatoms. The lowest BCUT2D eigenvalue weighted by Gasteiger charge is -2.17. The van der Waals surface area contributed by atoms with Crippen molar-refractivity contribution in [2.24, 2.45) is 5.73 Å². The third kappa shape index (κ3) is 1.99. The van der Waals surface area contributed by atoms with E-state index >= 15 is 0 Å². The molecular weight excluding hydrogens is 228 g/mol. The number of hydrogen-bond acceptors (Lipinski definition) is 3. The smallest absolute Gasteiger partial charge is 0.258 e. The first-order valence-electron chi connectivity index (χ1n) is 6.28. The van der Waals surface area contributed by atoms with Crippen LogP contribution in [0.25, 0.3) is 10.8 Å². The van der Waals surface area contributed by atoms with Crippen molar-refractivity contribution in [3.8, 4) is 5.88 Å². The summed E-state index contributed by atoms with van der Waals surface area (Å²) < 4.78 is 5.80. The van der Waals surface area contributed by atoms with Crippen molar-refractivity contribution in [1.82, 2.24) is 4.98 Å². The molecule has 4 nitrogen and oxygen atoms in total. The highest BCUT2D eigenvalue weighted by atomic mass is 16.5. The van der Waals surface area contributed by atoms with Crippen molar-refractivity contribution < 1.29 is 4.74 Å². The first-order chi connectivity index (χ1) is 8.74. The largest absolute Gasteiger partial charge is 0.474 e. The minimum absolute atomic E-state index is 0.0156. The van der Waals surface area contributed by atoms with Crippen molar-refractivity contribution in [3.63, 3.8) is 0 Å². The second kappa shape index (κ2) is 4.46. The molecule has 1 heterocycles. The van der Waals surface area contributed by atoms with Crippen molar-refractivity contribution in [3.05, 3.63) is 40.7 Å². The van der Waals surface area contributed by atoms with Gasteiger partial charge in [0.15, 0.2) is 5.88 Å². The Balaban J connectivity index is 1.95. The summed E-state index contributed by atoms with van der Waals surface area (Å²) in [4.78, 5) is 14.7. The molecule has 0 radical (unpaired) electrons. The summed E-state index contributed by atoms with van der Waals surface area (Å²) in [6.45, 7) is 0. The zero-order chi connectivity index (χ0) is 12.5. The predicted molar refractivity (Wildman–Crippen MR) is 70.8 cm³/mol. The number of fused-ring (bicyclic) bond motifs is 1. The van der Waals surface area contributed by atoms with Crippen LogP contribution in [-0.2, 0) is 0 Å². The van der Waals surface area contributed by atoms with Gasteiger partial charge in [-0.25, -0.2) is 0 Å². The highest BCUT2D eigenvalue weighted by molar-refractivity contribution is 5.82. The molecule has 1 saturated carbocycles. The van der Waals surface area contributed by atoms with Crippen molar-refractivity contribution >= 4 is 10.8 Å². The molecule has 18 heavy (non-hydrogen) atoms. The Morgan fingerprint density at radius 3 is 2.89 bits per heavy atom. The van der Waals surface area contributed by atoms with E-state index in [-0.39, 0.29) is 17.7 Å². The normalized spacial score (nSPS) is 23.4. The SMILES string of the molecule is NC1CCCC1Oc1cc2ccccc2c(=O)[nH]1. The Bertz CT molecular complexity index is 620. The molecule has 0 saturated heterocycles. The Labute approximate surface area is 105 Å². The maximum Gasteiger partial charge on any atom is 0.258 e. The Morgan fingerprint density at radius 1 is 1.28 bits per heavy atom. The van der Waals surface area contributed by atoms with Gasteiger partial charge in [-0.05, 0) is 30.7 Å². The first-order valence-corrected chi connectivity index (χ1v) is 6.28. The molecule has 94 valence electrons. The molecular formula is C14H16N2O2. The number of ether oxygens (including phenoxy) is 1. The summed E-state index contributed by atoms with van der Waals surface area (Å²) >= 11 is 0. The molecule has 3 N–H and O–H groups in total. The molecule has 0 amide bonds. The monoisotopic (exact) mass is 244 g/mol. The lowest BCUT2D eigenvalue weighted by molar-refractivity contribution is 0.184. The summed E-state index contributed by atoms with van der Waals surface area (Å²) in [5.74, 6) is 0.515. The predicted octanol–water partition coefficient (Wildman–Crippen LogP) is 1.79. The van der Waals surface area contributed by atoms with E-state index in [1.54, 1.807) is 6.07 Å². The van der Waals surface area contributed by atoms with E-state index in [2.05, 4.69) is 4.98 Å². The van der Waals surface area contributed by atoms with E-state index in [0.717, 1.165) is 24.6 Å². The fourth-order valence-corrected chi connectivity index (χ4v) is 2.51. The average molecular weight is 244 g/mol. The van der Waals surface area contributed by atoms with Crippen LogP contribution in [0.15, 0.2) is 35.1 Å². The molecule has 1 aliphatic carbocycles. The second-order valence-electron chi connectivity index (χ2n) is 4.80. The zero-order valence-electron chi connectivity index (χ0n) is 10.1. The van der Waals surface area contributed by atoms with E-state index in [1.807, 2.05) is 24.3 Å². The van der Waals surface area contributed by atoms with Crippen LogP contribution < -0.4 is 16.0 Å². The molecule has 2 aromatic rings. The van der Waals surface area contributed by atoms with Crippen LogP contribution >= 0.6 is 0 Å². The van der Waals surface area contributed by atoms with Crippen LogP contribution in [0.5, 0.6) is 5.88 Å². The highest BCUT2D eigenvalue weighted by Crippen LogP contribution is 2.23. The summed E-state index contributed by atoms with van der Waals surface area (Å²) in [6.07, 6.45) is 3.05. The van der Waals surface area contributed by atoms with Crippen LogP contribution in [0.4, 0.5) is 0 Å². The van der Waals surface area contributed by atoms with Gasteiger partial charge >= 0.3 is 0 Å². The van der Waals surface area contributed by atoms with E-state index in [1.165, 1.54) is 0 Å². The maximum absolute atomic E-state index is 11.9. The Hall–Kier alpha value is -1.81. The first kappa shape index (κ1) is 11.3. The highest BCUT2D eigenvalue weighted by Gasteiger charge is 2.25. The van der Waals surface area contributed by atoms with E-state index in [0.29, 0.717) is 11.3 Å². The van der Waals surface area contributed by atoms with Crippen molar-refractivity contribution in [2.75, 3.05) is 0 Å². The molecule has 1 aromatic heterocycles. The van der Waals surface area contributed by atoms with Gasteiger partial charge in [-0.15, -0.1) is 0 Å². The number of H-pyrrole nitrogens is 1. The second-order valence-corrected chi connectivity index (χ2v) is 4.80. The van der Waals surface area contributed by atoms with Gasteiger partial charge in [0.25, 0.3) is 5.56 Å². The van der Waals surface area contributed by atoms with Crippen molar-refractivity contribution in [2.45, 2.75) is 31.4 Å². The molecule has 1 aromatic carbocycles. The summed E-state index contributed by atoms with van der Waals surface area (Å²) in [7, 11) is 0. The standard InChI is InChI=1S/C14H16N2O2/c15-11-6-3-7-12(11)18-13-8-9-4-1-2-5-10(9)14(17)16-13/h1-2,4-5,8,11-12H,3,6-7,15H2,(H,16,17). The van der Waals surface area contributed by atoms with E-state index in [4.69, 9.17) is 10.5 Å². The lowest BCUT2D eigenvalue weighted by Crippen LogP contribution is -2.34. The minimum atomic E-state index is -0.116. The molecule has 0 bridgehead atoms. The van der Waals surface area contributed by atoms with Gasteiger partial charge < -0.3 is 10.5 Å². The Morgan fingerprint density at radius 2 is 2.11 bits per heavy atom. The summed E-state index contributed by atoms with van der Waals surface area (Å²) in [5.41, 5.74) is 5.84. The van der Waals surface area contributed by atoms with Crippen LogP contribution in [-0.4, -0.2) is 17.1 Å². The van der Waals surface area contributed by atoms with Gasteiger partial charge in [0.1, 0.15) is 6.10 Å². The minimum Gasteiger partial charge on any atom is -0.474 e. The van der Waals surface area contributed by atoms with Crippen LogP contribution in [0.1, 0.15) is 19.3 Å². The fraction of sp³-hybridized carbons (Fsp3) is 0.357. The van der Waals surface area contributed by atoms with Crippen LogP contribution in [0.2, 0.25) is 0 Å². The van der Waals surface area contributed by atoms with Gasteiger partial charge in [-0.2, -0.15) is 0 Å². The molecule has 2 atom stereocenters. The topological polar surface area (TPSA) is 68.1 Å². The van der Waals surface area contributed by atoms with Gasteiger partial charge in [0, 0.05) is 17.5 Å². The number of hydrogen-bond donors (Lipinski definition) is 2. The number of nitrogens with one attached hydrogen (secondary N) is 1. The average Bonchev–Trinajstić information content (AvgIpc) is 2.75. The van der Waals surface area contributed by atoms with Crippen molar-refractivity contribution in [1.29, 1.82) is 0 Å². The van der Waals surface area contributed by atoms with E-state index < -0.39 is 0 Å². The van der Waals surface area contributed by atoms with Gasteiger partial charge in [0.2, 0.25) is 0 Å². The lowest BCUT2D eigenvalue weighted by atomic mass is 10.2. The molecule has 0 spiro atoms. The molecule has 0 aliphatic heterocycles. The molecule has 1 fully saturated rings. The number of rotatable bonds is 2. The Kier molecular flexibility index (Phi) is 2.80. The number of aromatic nitrogens is 1. The number of benzene rings is 1. The quantitative estimate of drug-likeness (QED) is 0.846. The fourth-order valence-electron chi connectivity index (χ4n) is 2.51. The van der Waals surface area contributed by atoms with Gasteiger partial charge in [-0.1, -0.05) is 18.2 Å². The van der Waals surface area contributed by atoms with Crippen LogP contribution in [0, 0.1) is 0 Å². The number of pyridine rings is 1. The van der Waals surface area contributed by atoms with Gasteiger partial charge in [0.05, 0.1) is 0 Å². The summed E-state index contributed by atoms with van der Waals surface area (Å²) in [6, 6.07) is 9.41.